The number of aliphatic hydroxyl groups excluding tert-OH is 1. The first-order chi connectivity index (χ1) is 18.3. The van der Waals surface area contributed by atoms with Crippen molar-refractivity contribution in [1.29, 1.82) is 0 Å². The number of carbonyl (C=O) groups excluding carboxylic acids is 1. The molecule has 1 aromatic rings. The molecule has 4 fully saturated rings. The summed E-state index contributed by atoms with van der Waals surface area (Å²) in [4.78, 5) is 23.2. The molecule has 1 aliphatic heterocycles. The molecule has 1 N–H and O–H groups in total. The second kappa shape index (κ2) is 10.2. The van der Waals surface area contributed by atoms with E-state index in [4.69, 9.17) is 4.74 Å². The Morgan fingerprint density at radius 1 is 1.18 bits per heavy atom. The van der Waals surface area contributed by atoms with Gasteiger partial charge >= 0.3 is 0 Å². The highest BCUT2D eigenvalue weighted by Gasteiger charge is 2.59. The molecule has 9 atom stereocenters. The number of likely N-dealkylation sites (tertiary alicyclic amines) is 1. The van der Waals surface area contributed by atoms with Gasteiger partial charge in [0.15, 0.2) is 0 Å². The summed E-state index contributed by atoms with van der Waals surface area (Å²) in [6.07, 6.45) is 17.7. The number of rotatable bonds is 6. The van der Waals surface area contributed by atoms with Crippen molar-refractivity contribution in [3.05, 3.63) is 30.2 Å². The molecule has 1 aromatic heterocycles. The predicted octanol–water partition coefficient (Wildman–Crippen LogP) is 5.81. The molecule has 0 unspecified atom stereocenters. The fourth-order valence-corrected chi connectivity index (χ4v) is 9.90. The summed E-state index contributed by atoms with van der Waals surface area (Å²) in [5.74, 6) is 4.57. The molecule has 2 heterocycles. The quantitative estimate of drug-likeness (QED) is 0.478. The average molecular weight is 522 g/mol. The van der Waals surface area contributed by atoms with Crippen LogP contribution in [0.4, 0.5) is 0 Å². The molecule has 1 amide bonds. The second-order valence-electron chi connectivity index (χ2n) is 13.8. The zero-order valence-corrected chi connectivity index (χ0v) is 23.6. The van der Waals surface area contributed by atoms with Gasteiger partial charge in [0, 0.05) is 31.6 Å². The molecule has 0 aromatic carbocycles. The molecule has 1 saturated heterocycles. The highest BCUT2D eigenvalue weighted by Crippen LogP contribution is 2.67. The highest BCUT2D eigenvalue weighted by molar-refractivity contribution is 5.76. The van der Waals surface area contributed by atoms with Crippen LogP contribution in [-0.4, -0.2) is 51.2 Å². The van der Waals surface area contributed by atoms with Crippen LogP contribution in [0, 0.1) is 40.4 Å². The summed E-state index contributed by atoms with van der Waals surface area (Å²) < 4.78 is 5.96. The second-order valence-corrected chi connectivity index (χ2v) is 13.8. The van der Waals surface area contributed by atoms with Gasteiger partial charge in [-0.3, -0.25) is 4.79 Å². The number of amides is 1. The first-order valence-corrected chi connectivity index (χ1v) is 15.4. The monoisotopic (exact) mass is 521 g/mol. The number of allylic oxidation sites excluding steroid dienone is 1. The molecule has 6 nitrogen and oxygen atoms in total. The predicted molar refractivity (Wildman–Crippen MR) is 147 cm³/mol. The summed E-state index contributed by atoms with van der Waals surface area (Å²) in [5, 5.41) is 10.3. The number of carbonyl (C=O) groups is 1. The van der Waals surface area contributed by atoms with Crippen molar-refractivity contribution in [2.75, 3.05) is 13.1 Å². The maximum atomic E-state index is 13.1. The van der Waals surface area contributed by atoms with E-state index in [1.165, 1.54) is 38.4 Å². The molecule has 4 aliphatic carbocycles. The zero-order valence-electron chi connectivity index (χ0n) is 23.6. The topological polar surface area (TPSA) is 75.6 Å². The van der Waals surface area contributed by atoms with Crippen LogP contribution in [0.2, 0.25) is 0 Å². The zero-order chi connectivity index (χ0) is 26.5. The van der Waals surface area contributed by atoms with Crippen molar-refractivity contribution in [1.82, 2.24) is 14.9 Å². The van der Waals surface area contributed by atoms with Crippen molar-refractivity contribution in [3.63, 3.8) is 0 Å². The number of hydrogen-bond donors (Lipinski definition) is 1. The van der Waals surface area contributed by atoms with Crippen LogP contribution in [0.1, 0.15) is 91.4 Å². The Bertz CT molecular complexity index is 1050. The van der Waals surface area contributed by atoms with Crippen molar-refractivity contribution in [2.24, 2.45) is 40.4 Å². The molecule has 208 valence electrons. The van der Waals surface area contributed by atoms with E-state index in [0.717, 1.165) is 62.3 Å². The van der Waals surface area contributed by atoms with E-state index in [0.29, 0.717) is 35.6 Å². The number of fused-ring (bicyclic) bond motifs is 5. The molecule has 5 aliphatic rings. The smallest absolute Gasteiger partial charge is 0.222 e. The third kappa shape index (κ3) is 4.59. The van der Waals surface area contributed by atoms with Crippen LogP contribution >= 0.6 is 0 Å². The van der Waals surface area contributed by atoms with Gasteiger partial charge in [-0.25, -0.2) is 9.97 Å². The van der Waals surface area contributed by atoms with E-state index in [2.05, 4.69) is 36.8 Å². The van der Waals surface area contributed by atoms with Gasteiger partial charge < -0.3 is 14.7 Å². The highest BCUT2D eigenvalue weighted by atomic mass is 16.5. The summed E-state index contributed by atoms with van der Waals surface area (Å²) in [5.41, 5.74) is 2.28. The van der Waals surface area contributed by atoms with Gasteiger partial charge in [-0.05, 0) is 98.2 Å². The summed E-state index contributed by atoms with van der Waals surface area (Å²) in [6.45, 7) is 8.98. The Labute approximate surface area is 228 Å². The lowest BCUT2D eigenvalue weighted by Gasteiger charge is -2.58. The fourth-order valence-electron chi connectivity index (χ4n) is 9.90. The van der Waals surface area contributed by atoms with Gasteiger partial charge in [-0.1, -0.05) is 32.4 Å². The van der Waals surface area contributed by atoms with E-state index < -0.39 is 0 Å². The third-order valence-corrected chi connectivity index (χ3v) is 12.0. The number of hydrogen-bond acceptors (Lipinski definition) is 5. The Hall–Kier alpha value is -1.95. The van der Waals surface area contributed by atoms with Crippen LogP contribution in [0.25, 0.3) is 0 Å². The van der Waals surface area contributed by atoms with Gasteiger partial charge in [-0.2, -0.15) is 0 Å². The summed E-state index contributed by atoms with van der Waals surface area (Å²) in [6, 6.07) is 1.78. The maximum absolute atomic E-state index is 13.1. The molecule has 0 radical (unpaired) electrons. The van der Waals surface area contributed by atoms with Gasteiger partial charge in [-0.15, -0.1) is 0 Å². The Morgan fingerprint density at radius 3 is 2.87 bits per heavy atom. The minimum absolute atomic E-state index is 0.0234. The van der Waals surface area contributed by atoms with Crippen LogP contribution in [0.5, 0.6) is 5.88 Å². The van der Waals surface area contributed by atoms with Crippen molar-refractivity contribution in [3.8, 4) is 5.88 Å². The standard InChI is InChI=1S/C32H47N3O3/c1-21(4-9-30(37)35-17-13-24(19-35)38-29-12-16-33-20-34-29)26-7-8-27-25-6-5-22-18-23(36)10-14-31(22,2)28(25)11-15-32(26,27)3/h5,12,16,20-21,23-28,36H,4,6-11,13-15,17-19H2,1-3H3/t21-,23+,24-,25+,26-,27+,28+,31+,32-/m1/s1. The van der Waals surface area contributed by atoms with Crippen LogP contribution < -0.4 is 4.74 Å². The Kier molecular flexibility index (Phi) is 7.07. The van der Waals surface area contributed by atoms with Crippen LogP contribution in [0.3, 0.4) is 0 Å². The molecule has 6 rings (SSSR count). The molecule has 0 spiro atoms. The van der Waals surface area contributed by atoms with Crippen LogP contribution in [0.15, 0.2) is 30.2 Å². The van der Waals surface area contributed by atoms with Crippen molar-refractivity contribution in [2.45, 2.75) is 104 Å². The van der Waals surface area contributed by atoms with Crippen molar-refractivity contribution >= 4 is 5.91 Å². The minimum atomic E-state index is -0.128. The Balaban J connectivity index is 1.04. The summed E-state index contributed by atoms with van der Waals surface area (Å²) >= 11 is 0. The number of aromatic nitrogens is 2. The number of ether oxygens (including phenoxy) is 1. The normalized spacial score (nSPS) is 41.1. The Morgan fingerprint density at radius 2 is 2.05 bits per heavy atom. The van der Waals surface area contributed by atoms with Gasteiger partial charge in [0.2, 0.25) is 11.8 Å². The number of aliphatic hydroxyl groups is 1. The first-order valence-electron chi connectivity index (χ1n) is 15.4. The maximum Gasteiger partial charge on any atom is 0.222 e. The lowest BCUT2D eigenvalue weighted by atomic mass is 9.47. The molecule has 38 heavy (non-hydrogen) atoms. The van der Waals surface area contributed by atoms with E-state index in [-0.39, 0.29) is 18.1 Å². The van der Waals surface area contributed by atoms with E-state index in [1.807, 2.05) is 4.90 Å². The van der Waals surface area contributed by atoms with Gasteiger partial charge in [0.25, 0.3) is 0 Å². The van der Waals surface area contributed by atoms with Gasteiger partial charge in [0.05, 0.1) is 12.6 Å². The van der Waals surface area contributed by atoms with E-state index in [9.17, 15) is 9.90 Å². The lowest BCUT2D eigenvalue weighted by Crippen LogP contribution is -2.50. The van der Waals surface area contributed by atoms with Crippen LogP contribution in [-0.2, 0) is 4.79 Å². The molecule has 3 saturated carbocycles. The number of nitrogens with zero attached hydrogens (tertiary/aromatic N) is 3. The third-order valence-electron chi connectivity index (χ3n) is 12.0. The molecular weight excluding hydrogens is 474 g/mol. The molecular formula is C32H47N3O3. The fraction of sp³-hybridized carbons (Fsp3) is 0.781. The minimum Gasteiger partial charge on any atom is -0.472 e. The SMILES string of the molecule is C[C@H](CCC(=O)N1CC[C@@H](Oc2ccncn2)C1)[C@H]1CC[C@H]2[C@@H]3CC=C4C[C@@H](O)CC[C@]4(C)[C@H]3CC[C@]12C. The first kappa shape index (κ1) is 26.3. The summed E-state index contributed by atoms with van der Waals surface area (Å²) in [7, 11) is 0. The molecule has 0 bridgehead atoms. The van der Waals surface area contributed by atoms with E-state index >= 15 is 0 Å². The average Bonchev–Trinajstić information content (AvgIpc) is 3.52. The van der Waals surface area contributed by atoms with Gasteiger partial charge in [0.1, 0.15) is 12.4 Å². The lowest BCUT2D eigenvalue weighted by molar-refractivity contribution is -0.131. The largest absolute Gasteiger partial charge is 0.472 e. The van der Waals surface area contributed by atoms with E-state index in [1.54, 1.807) is 17.8 Å². The molecule has 6 heteroatoms. The van der Waals surface area contributed by atoms with Crippen molar-refractivity contribution < 1.29 is 14.6 Å².